The lowest BCUT2D eigenvalue weighted by Gasteiger charge is -2.21. The summed E-state index contributed by atoms with van der Waals surface area (Å²) in [7, 11) is 1.41. The average molecular weight is 399 g/mol. The summed E-state index contributed by atoms with van der Waals surface area (Å²) in [6.45, 7) is 8.25. The van der Waals surface area contributed by atoms with Crippen LogP contribution in [0.4, 0.5) is 0 Å². The number of ether oxygens (including phenoxy) is 1. The van der Waals surface area contributed by atoms with Gasteiger partial charge >= 0.3 is 5.97 Å². The minimum atomic E-state index is -0.305. The summed E-state index contributed by atoms with van der Waals surface area (Å²) in [4.78, 5) is 24.7. The molecule has 0 aliphatic carbocycles. The fourth-order valence-corrected chi connectivity index (χ4v) is 4.46. The summed E-state index contributed by atoms with van der Waals surface area (Å²) in [5, 5.41) is 4.49. The standard InChI is InChI=1S/C21H26N4O2S/c1-15-23-18(14-28-15)13-25-7-3-6-24(8-9-25)12-17-11-22-20-10-16(21(26)27-2)4-5-19(17)20/h4-5,10-11,14,22H,3,6-9,12-13H2,1-2H3. The highest BCUT2D eigenvalue weighted by atomic mass is 32.1. The molecule has 6 nitrogen and oxygen atoms in total. The maximum atomic E-state index is 11.7. The molecule has 0 spiro atoms. The highest BCUT2D eigenvalue weighted by Crippen LogP contribution is 2.22. The minimum absolute atomic E-state index is 0.305. The second-order valence-corrected chi connectivity index (χ2v) is 8.39. The van der Waals surface area contributed by atoms with Gasteiger partial charge in [-0.05, 0) is 44.1 Å². The molecule has 3 aromatic rings. The highest BCUT2D eigenvalue weighted by molar-refractivity contribution is 7.09. The molecule has 1 N–H and O–H groups in total. The Balaban J connectivity index is 1.39. The average Bonchev–Trinajstić information content (AvgIpc) is 3.22. The van der Waals surface area contributed by atoms with E-state index in [9.17, 15) is 4.79 Å². The van der Waals surface area contributed by atoms with E-state index in [4.69, 9.17) is 4.74 Å². The number of rotatable bonds is 5. The van der Waals surface area contributed by atoms with E-state index in [0.29, 0.717) is 5.56 Å². The molecule has 3 heterocycles. The first kappa shape index (κ1) is 19.1. The van der Waals surface area contributed by atoms with E-state index in [1.807, 2.05) is 18.2 Å². The van der Waals surface area contributed by atoms with Crippen molar-refractivity contribution in [3.05, 3.63) is 51.6 Å². The fraction of sp³-hybridized carbons (Fsp3) is 0.429. The second-order valence-electron chi connectivity index (χ2n) is 7.33. The smallest absolute Gasteiger partial charge is 0.337 e. The predicted octanol–water partition coefficient (Wildman–Crippen LogP) is 3.43. The molecular formula is C21H26N4O2S. The van der Waals surface area contributed by atoms with Gasteiger partial charge in [0, 0.05) is 48.7 Å². The molecule has 0 atom stereocenters. The predicted molar refractivity (Wildman–Crippen MR) is 112 cm³/mol. The van der Waals surface area contributed by atoms with Gasteiger partial charge in [0.1, 0.15) is 0 Å². The molecule has 28 heavy (non-hydrogen) atoms. The third-order valence-electron chi connectivity index (χ3n) is 5.32. The largest absolute Gasteiger partial charge is 0.465 e. The Morgan fingerprint density at radius 3 is 2.71 bits per heavy atom. The van der Waals surface area contributed by atoms with Crippen molar-refractivity contribution in [2.75, 3.05) is 33.3 Å². The molecule has 1 fully saturated rings. The number of carbonyl (C=O) groups excluding carboxylic acids is 1. The van der Waals surface area contributed by atoms with Crippen LogP contribution in [0.25, 0.3) is 10.9 Å². The molecule has 4 rings (SSSR count). The number of aromatic amines is 1. The second kappa shape index (κ2) is 8.43. The van der Waals surface area contributed by atoms with Crippen molar-refractivity contribution in [3.63, 3.8) is 0 Å². The Labute approximate surface area is 169 Å². The molecule has 1 aliphatic heterocycles. The Bertz CT molecular complexity index is 964. The highest BCUT2D eigenvalue weighted by Gasteiger charge is 2.17. The molecule has 0 saturated carbocycles. The van der Waals surface area contributed by atoms with Gasteiger partial charge in [-0.15, -0.1) is 11.3 Å². The van der Waals surface area contributed by atoms with Crippen molar-refractivity contribution in [2.24, 2.45) is 0 Å². The fourth-order valence-electron chi connectivity index (χ4n) is 3.85. The first-order chi connectivity index (χ1) is 13.6. The zero-order valence-electron chi connectivity index (χ0n) is 16.4. The monoisotopic (exact) mass is 398 g/mol. The molecule has 2 aromatic heterocycles. The minimum Gasteiger partial charge on any atom is -0.465 e. The Kier molecular flexibility index (Phi) is 5.75. The molecule has 1 aromatic carbocycles. The lowest BCUT2D eigenvalue weighted by Crippen LogP contribution is -2.30. The molecular weight excluding hydrogens is 372 g/mol. The van der Waals surface area contributed by atoms with Crippen LogP contribution >= 0.6 is 11.3 Å². The number of methoxy groups -OCH3 is 1. The molecule has 7 heteroatoms. The number of carbonyl (C=O) groups is 1. The number of benzene rings is 1. The van der Waals surface area contributed by atoms with E-state index in [-0.39, 0.29) is 5.97 Å². The van der Waals surface area contributed by atoms with Gasteiger partial charge in [0.05, 0.1) is 23.4 Å². The molecule has 0 unspecified atom stereocenters. The molecule has 148 valence electrons. The van der Waals surface area contributed by atoms with Crippen LogP contribution in [0, 0.1) is 6.92 Å². The Morgan fingerprint density at radius 2 is 2.00 bits per heavy atom. The number of fused-ring (bicyclic) bond motifs is 1. The number of aryl methyl sites for hydroxylation is 1. The van der Waals surface area contributed by atoms with Crippen LogP contribution in [0.3, 0.4) is 0 Å². The third-order valence-corrected chi connectivity index (χ3v) is 6.14. The Hall–Kier alpha value is -2.22. The van der Waals surface area contributed by atoms with Gasteiger partial charge in [0.2, 0.25) is 0 Å². The van der Waals surface area contributed by atoms with Crippen LogP contribution < -0.4 is 0 Å². The summed E-state index contributed by atoms with van der Waals surface area (Å²) in [6, 6.07) is 5.72. The Morgan fingerprint density at radius 1 is 1.21 bits per heavy atom. The number of H-pyrrole nitrogens is 1. The quantitative estimate of drug-likeness (QED) is 0.667. The van der Waals surface area contributed by atoms with Crippen LogP contribution in [0.5, 0.6) is 0 Å². The van der Waals surface area contributed by atoms with E-state index >= 15 is 0 Å². The topological polar surface area (TPSA) is 61.5 Å². The van der Waals surface area contributed by atoms with Crippen LogP contribution in [-0.2, 0) is 17.8 Å². The van der Waals surface area contributed by atoms with Crippen molar-refractivity contribution < 1.29 is 9.53 Å². The maximum absolute atomic E-state index is 11.7. The van der Waals surface area contributed by atoms with Crippen LogP contribution in [0.15, 0.2) is 29.8 Å². The number of nitrogens with zero attached hydrogens (tertiary/aromatic N) is 3. The first-order valence-corrected chi connectivity index (χ1v) is 10.5. The van der Waals surface area contributed by atoms with E-state index in [1.165, 1.54) is 23.8 Å². The summed E-state index contributed by atoms with van der Waals surface area (Å²) in [5.41, 5.74) is 4.02. The van der Waals surface area contributed by atoms with Crippen LogP contribution in [0.1, 0.15) is 33.0 Å². The van der Waals surface area contributed by atoms with Crippen molar-refractivity contribution >= 4 is 28.2 Å². The molecule has 0 amide bonds. The normalized spacial score (nSPS) is 16.4. The summed E-state index contributed by atoms with van der Waals surface area (Å²) in [5.74, 6) is -0.305. The van der Waals surface area contributed by atoms with Crippen molar-refractivity contribution in [3.8, 4) is 0 Å². The summed E-state index contributed by atoms with van der Waals surface area (Å²) >= 11 is 1.73. The lowest BCUT2D eigenvalue weighted by atomic mass is 10.1. The number of hydrogen-bond acceptors (Lipinski definition) is 6. The van der Waals surface area contributed by atoms with Gasteiger partial charge < -0.3 is 9.72 Å². The van der Waals surface area contributed by atoms with Crippen LogP contribution in [-0.4, -0.2) is 59.0 Å². The number of nitrogens with one attached hydrogen (secondary N) is 1. The number of thiazole rings is 1. The summed E-state index contributed by atoms with van der Waals surface area (Å²) in [6.07, 6.45) is 3.23. The van der Waals surface area contributed by atoms with Gasteiger partial charge in [0.25, 0.3) is 0 Å². The SMILES string of the molecule is COC(=O)c1ccc2c(CN3CCCN(Cc4csc(C)n4)CC3)c[nH]c2c1. The third kappa shape index (κ3) is 4.27. The van der Waals surface area contributed by atoms with E-state index in [2.05, 4.69) is 38.3 Å². The zero-order chi connectivity index (χ0) is 19.5. The molecule has 1 aliphatic rings. The van der Waals surface area contributed by atoms with Gasteiger partial charge in [0.15, 0.2) is 0 Å². The van der Waals surface area contributed by atoms with Gasteiger partial charge in [-0.1, -0.05) is 6.07 Å². The van der Waals surface area contributed by atoms with E-state index in [0.717, 1.165) is 56.2 Å². The van der Waals surface area contributed by atoms with E-state index in [1.54, 1.807) is 11.3 Å². The van der Waals surface area contributed by atoms with Gasteiger partial charge in [-0.3, -0.25) is 9.80 Å². The summed E-state index contributed by atoms with van der Waals surface area (Å²) < 4.78 is 4.81. The maximum Gasteiger partial charge on any atom is 0.337 e. The number of esters is 1. The first-order valence-electron chi connectivity index (χ1n) is 9.66. The van der Waals surface area contributed by atoms with Crippen molar-refractivity contribution in [2.45, 2.75) is 26.4 Å². The lowest BCUT2D eigenvalue weighted by molar-refractivity contribution is 0.0601. The van der Waals surface area contributed by atoms with E-state index < -0.39 is 0 Å². The molecule has 0 bridgehead atoms. The van der Waals surface area contributed by atoms with Gasteiger partial charge in [-0.2, -0.15) is 0 Å². The molecule has 1 saturated heterocycles. The van der Waals surface area contributed by atoms with Crippen molar-refractivity contribution in [1.29, 1.82) is 0 Å². The van der Waals surface area contributed by atoms with Crippen LogP contribution in [0.2, 0.25) is 0 Å². The number of aromatic nitrogens is 2. The van der Waals surface area contributed by atoms with Crippen molar-refractivity contribution in [1.82, 2.24) is 19.8 Å². The van der Waals surface area contributed by atoms with Gasteiger partial charge in [-0.25, -0.2) is 9.78 Å². The number of hydrogen-bond donors (Lipinski definition) is 1. The molecule has 0 radical (unpaired) electrons. The zero-order valence-corrected chi connectivity index (χ0v) is 17.2.